The summed E-state index contributed by atoms with van der Waals surface area (Å²) in [7, 11) is -3.62. The standard InChI is InChI=1S/C17H15N3O3S2/c21-16-9-7-13(18-19-16)15-8-10-17(24-15)25(22,23)20-11-3-5-12-4-1-2-6-14(12)20/h1-2,4,6-10H,3,5,11H2,(H,19,21). The zero-order chi connectivity index (χ0) is 17.4. The molecular formula is C17H15N3O3S2. The number of aryl methyl sites for hydroxylation is 1. The number of para-hydroxylation sites is 1. The lowest BCUT2D eigenvalue weighted by Gasteiger charge is -2.29. The van der Waals surface area contributed by atoms with Gasteiger partial charge in [-0.15, -0.1) is 11.3 Å². The van der Waals surface area contributed by atoms with Crippen molar-refractivity contribution in [2.24, 2.45) is 0 Å². The largest absolute Gasteiger partial charge is 0.273 e. The van der Waals surface area contributed by atoms with Crippen molar-refractivity contribution >= 4 is 27.0 Å². The second kappa shape index (κ2) is 6.12. The van der Waals surface area contributed by atoms with Crippen molar-refractivity contribution in [3.63, 3.8) is 0 Å². The first-order valence-corrected chi connectivity index (χ1v) is 10.1. The zero-order valence-corrected chi connectivity index (χ0v) is 14.8. The third kappa shape index (κ3) is 2.87. The molecule has 1 N–H and O–H groups in total. The number of hydrogen-bond donors (Lipinski definition) is 1. The van der Waals surface area contributed by atoms with Gasteiger partial charge in [-0.05, 0) is 42.7 Å². The Morgan fingerprint density at radius 2 is 1.92 bits per heavy atom. The number of hydrogen-bond acceptors (Lipinski definition) is 5. The van der Waals surface area contributed by atoms with E-state index in [1.807, 2.05) is 24.3 Å². The van der Waals surface area contributed by atoms with Crippen LogP contribution in [0.5, 0.6) is 0 Å². The highest BCUT2D eigenvalue weighted by Gasteiger charge is 2.30. The fourth-order valence-corrected chi connectivity index (χ4v) is 5.87. The van der Waals surface area contributed by atoms with Crippen LogP contribution in [-0.4, -0.2) is 25.2 Å². The SMILES string of the molecule is O=c1ccc(-c2ccc(S(=O)(=O)N3CCCc4ccccc43)s2)n[nH]1. The highest BCUT2D eigenvalue weighted by Crippen LogP contribution is 2.36. The Balaban J connectivity index is 1.73. The minimum absolute atomic E-state index is 0.271. The minimum Gasteiger partial charge on any atom is -0.268 e. The van der Waals surface area contributed by atoms with Crippen molar-refractivity contribution in [1.29, 1.82) is 0 Å². The molecule has 1 aliphatic heterocycles. The summed E-state index contributed by atoms with van der Waals surface area (Å²) < 4.78 is 28.0. The molecular weight excluding hydrogens is 358 g/mol. The Bertz CT molecular complexity index is 1070. The van der Waals surface area contributed by atoms with Gasteiger partial charge in [-0.1, -0.05) is 18.2 Å². The maximum atomic E-state index is 13.1. The first-order valence-electron chi connectivity index (χ1n) is 7.82. The maximum Gasteiger partial charge on any atom is 0.273 e. The van der Waals surface area contributed by atoms with Crippen molar-refractivity contribution in [3.05, 3.63) is 64.4 Å². The first-order chi connectivity index (χ1) is 12.1. The van der Waals surface area contributed by atoms with Crippen LogP contribution in [0.25, 0.3) is 10.6 Å². The van der Waals surface area contributed by atoms with Crippen LogP contribution in [0.3, 0.4) is 0 Å². The lowest BCUT2D eigenvalue weighted by Crippen LogP contribution is -2.35. The number of sulfonamides is 1. The van der Waals surface area contributed by atoms with Gasteiger partial charge in [0.1, 0.15) is 9.90 Å². The van der Waals surface area contributed by atoms with Gasteiger partial charge in [0.05, 0.1) is 10.6 Å². The van der Waals surface area contributed by atoms with Crippen molar-refractivity contribution < 1.29 is 8.42 Å². The molecule has 0 radical (unpaired) electrons. The van der Waals surface area contributed by atoms with Crippen LogP contribution in [0.4, 0.5) is 5.69 Å². The second-order valence-corrected chi connectivity index (χ2v) is 8.91. The Hall–Kier alpha value is -2.45. The molecule has 25 heavy (non-hydrogen) atoms. The van der Waals surface area contributed by atoms with Crippen LogP contribution in [0.1, 0.15) is 12.0 Å². The van der Waals surface area contributed by atoms with E-state index in [0.717, 1.165) is 35.4 Å². The maximum absolute atomic E-state index is 13.1. The molecule has 0 fully saturated rings. The molecule has 1 aromatic carbocycles. The number of benzene rings is 1. The summed E-state index contributed by atoms with van der Waals surface area (Å²) in [5.74, 6) is 0. The summed E-state index contributed by atoms with van der Waals surface area (Å²) in [5.41, 5.74) is 2.06. The van der Waals surface area contributed by atoms with Gasteiger partial charge in [-0.25, -0.2) is 13.5 Å². The number of anilines is 1. The number of nitrogens with one attached hydrogen (secondary N) is 1. The summed E-state index contributed by atoms with van der Waals surface area (Å²) >= 11 is 1.15. The highest BCUT2D eigenvalue weighted by atomic mass is 32.2. The first kappa shape index (κ1) is 16.0. The van der Waals surface area contributed by atoms with E-state index >= 15 is 0 Å². The Morgan fingerprint density at radius 3 is 2.72 bits per heavy atom. The number of fused-ring (bicyclic) bond motifs is 1. The predicted molar refractivity (Wildman–Crippen MR) is 97.5 cm³/mol. The van der Waals surface area contributed by atoms with Crippen molar-refractivity contribution in [2.75, 3.05) is 10.8 Å². The van der Waals surface area contributed by atoms with Crippen LogP contribution >= 0.6 is 11.3 Å². The molecule has 0 bridgehead atoms. The number of H-pyrrole nitrogens is 1. The predicted octanol–water partition coefficient (Wildman–Crippen LogP) is 2.64. The molecule has 4 rings (SSSR count). The van der Waals surface area contributed by atoms with E-state index in [2.05, 4.69) is 10.2 Å². The summed E-state index contributed by atoms with van der Waals surface area (Å²) in [4.78, 5) is 11.8. The molecule has 3 aromatic rings. The normalized spacial score (nSPS) is 14.3. The Kier molecular flexibility index (Phi) is 3.93. The molecule has 3 heterocycles. The van der Waals surface area contributed by atoms with Crippen LogP contribution in [0, 0.1) is 0 Å². The van der Waals surface area contributed by atoms with Gasteiger partial charge in [0.2, 0.25) is 0 Å². The van der Waals surface area contributed by atoms with E-state index in [-0.39, 0.29) is 9.77 Å². The molecule has 0 atom stereocenters. The van der Waals surface area contributed by atoms with E-state index in [4.69, 9.17) is 0 Å². The summed E-state index contributed by atoms with van der Waals surface area (Å²) in [6, 6.07) is 13.9. The third-order valence-electron chi connectivity index (χ3n) is 4.12. The Labute approximate surface area is 148 Å². The molecule has 0 saturated heterocycles. The highest BCUT2D eigenvalue weighted by molar-refractivity contribution is 7.94. The van der Waals surface area contributed by atoms with E-state index in [9.17, 15) is 13.2 Å². The molecule has 0 spiro atoms. The van der Waals surface area contributed by atoms with E-state index in [1.54, 1.807) is 18.2 Å². The quantitative estimate of drug-likeness (QED) is 0.765. The average molecular weight is 373 g/mol. The molecule has 128 valence electrons. The lowest BCUT2D eigenvalue weighted by atomic mass is 10.0. The summed E-state index contributed by atoms with van der Waals surface area (Å²) in [6.45, 7) is 0.476. The van der Waals surface area contributed by atoms with Crippen LogP contribution in [0.15, 0.2) is 57.5 Å². The van der Waals surface area contributed by atoms with Crippen molar-refractivity contribution in [2.45, 2.75) is 17.1 Å². The smallest absolute Gasteiger partial charge is 0.268 e. The fraction of sp³-hybridized carbons (Fsp3) is 0.176. The van der Waals surface area contributed by atoms with Gasteiger partial charge >= 0.3 is 0 Å². The monoisotopic (exact) mass is 373 g/mol. The van der Waals surface area contributed by atoms with E-state index in [0.29, 0.717) is 17.1 Å². The number of rotatable bonds is 3. The molecule has 0 unspecified atom stereocenters. The average Bonchev–Trinajstić information content (AvgIpc) is 3.13. The zero-order valence-electron chi connectivity index (χ0n) is 13.2. The topological polar surface area (TPSA) is 83.1 Å². The number of nitrogens with zero attached hydrogens (tertiary/aromatic N) is 2. The van der Waals surface area contributed by atoms with Gasteiger partial charge in [-0.3, -0.25) is 9.10 Å². The van der Waals surface area contributed by atoms with Gasteiger partial charge in [0, 0.05) is 12.6 Å². The fourth-order valence-electron chi connectivity index (χ4n) is 2.94. The number of aromatic nitrogens is 2. The molecule has 2 aromatic heterocycles. The molecule has 0 saturated carbocycles. The summed E-state index contributed by atoms with van der Waals surface area (Å²) in [5, 5.41) is 6.32. The van der Waals surface area contributed by atoms with Crippen LogP contribution in [0.2, 0.25) is 0 Å². The van der Waals surface area contributed by atoms with Gasteiger partial charge in [0.15, 0.2) is 0 Å². The second-order valence-electron chi connectivity index (χ2n) is 5.73. The lowest BCUT2D eigenvalue weighted by molar-refractivity contribution is 0.588. The Morgan fingerprint density at radius 1 is 1.08 bits per heavy atom. The molecule has 8 heteroatoms. The van der Waals surface area contributed by atoms with Crippen LogP contribution in [-0.2, 0) is 16.4 Å². The summed E-state index contributed by atoms with van der Waals surface area (Å²) in [6.07, 6.45) is 1.69. The van der Waals surface area contributed by atoms with Gasteiger partial charge in [-0.2, -0.15) is 5.10 Å². The molecule has 0 amide bonds. The molecule has 0 aliphatic carbocycles. The molecule has 1 aliphatic rings. The van der Waals surface area contributed by atoms with Gasteiger partial charge < -0.3 is 0 Å². The van der Waals surface area contributed by atoms with Gasteiger partial charge in [0.25, 0.3) is 15.6 Å². The number of thiophene rings is 1. The van der Waals surface area contributed by atoms with Crippen molar-refractivity contribution in [3.8, 4) is 10.6 Å². The van der Waals surface area contributed by atoms with E-state index < -0.39 is 10.0 Å². The third-order valence-corrected chi connectivity index (χ3v) is 7.51. The minimum atomic E-state index is -3.62. The van der Waals surface area contributed by atoms with Crippen molar-refractivity contribution in [1.82, 2.24) is 10.2 Å². The van der Waals surface area contributed by atoms with E-state index in [1.165, 1.54) is 10.4 Å². The number of aromatic amines is 1. The molecule has 6 nitrogen and oxygen atoms in total. The van der Waals surface area contributed by atoms with Crippen LogP contribution < -0.4 is 9.86 Å².